The maximum Gasteiger partial charge on any atom is 0.260 e. The van der Waals surface area contributed by atoms with E-state index in [0.29, 0.717) is 45.8 Å². The molecule has 196 valence electrons. The van der Waals surface area contributed by atoms with Crippen molar-refractivity contribution in [1.82, 2.24) is 9.88 Å². The normalized spacial score (nSPS) is 13.7. The number of nitrogens with zero attached hydrogens (tertiary/aromatic N) is 3. The third kappa shape index (κ3) is 6.12. The number of hydrogen-bond donors (Lipinski definition) is 0. The van der Waals surface area contributed by atoms with E-state index < -0.39 is 0 Å². The van der Waals surface area contributed by atoms with Crippen LogP contribution in [0.5, 0.6) is 23.0 Å². The number of ether oxygens (including phenoxy) is 5. The van der Waals surface area contributed by atoms with Crippen molar-refractivity contribution in [3.63, 3.8) is 0 Å². The predicted octanol–water partition coefficient (Wildman–Crippen LogP) is 4.12. The molecule has 0 atom stereocenters. The minimum absolute atomic E-state index is 0. The van der Waals surface area contributed by atoms with Crippen molar-refractivity contribution in [2.45, 2.75) is 6.42 Å². The summed E-state index contributed by atoms with van der Waals surface area (Å²) >= 11 is 1.41. The van der Waals surface area contributed by atoms with Crippen molar-refractivity contribution in [3.8, 4) is 23.0 Å². The fourth-order valence-corrected chi connectivity index (χ4v) is 5.14. The molecule has 0 spiro atoms. The van der Waals surface area contributed by atoms with Crippen molar-refractivity contribution in [3.05, 3.63) is 35.9 Å². The average molecular weight is 538 g/mol. The van der Waals surface area contributed by atoms with E-state index in [1.54, 1.807) is 51.5 Å². The van der Waals surface area contributed by atoms with Gasteiger partial charge in [-0.05, 0) is 30.7 Å². The van der Waals surface area contributed by atoms with Crippen LogP contribution in [-0.4, -0.2) is 83.6 Å². The molecule has 0 unspecified atom stereocenters. The van der Waals surface area contributed by atoms with Crippen LogP contribution < -0.4 is 23.8 Å². The van der Waals surface area contributed by atoms with E-state index in [1.807, 2.05) is 12.1 Å². The molecule has 0 radical (unpaired) electrons. The van der Waals surface area contributed by atoms with Crippen molar-refractivity contribution in [2.24, 2.45) is 0 Å². The van der Waals surface area contributed by atoms with Crippen LogP contribution in [0.1, 0.15) is 16.8 Å². The van der Waals surface area contributed by atoms with E-state index in [4.69, 9.17) is 28.7 Å². The van der Waals surface area contributed by atoms with E-state index in [-0.39, 0.29) is 18.3 Å². The van der Waals surface area contributed by atoms with Gasteiger partial charge >= 0.3 is 0 Å². The molecule has 1 amide bonds. The highest BCUT2D eigenvalue weighted by Gasteiger charge is 2.25. The number of fused-ring (bicyclic) bond motifs is 1. The van der Waals surface area contributed by atoms with E-state index in [9.17, 15) is 4.79 Å². The lowest BCUT2D eigenvalue weighted by molar-refractivity contribution is 0.0376. The summed E-state index contributed by atoms with van der Waals surface area (Å²) in [6, 6.07) is 8.85. The summed E-state index contributed by atoms with van der Waals surface area (Å²) in [6.07, 6.45) is 0.789. The first-order chi connectivity index (χ1) is 17.1. The smallest absolute Gasteiger partial charge is 0.260 e. The number of morpholine rings is 1. The molecule has 11 heteroatoms. The van der Waals surface area contributed by atoms with Gasteiger partial charge in [0.1, 0.15) is 33.2 Å². The van der Waals surface area contributed by atoms with Gasteiger partial charge in [-0.15, -0.1) is 12.4 Å². The molecule has 1 fully saturated rings. The number of rotatable bonds is 10. The Balaban J connectivity index is 0.00000361. The Kier molecular flexibility index (Phi) is 10.0. The Morgan fingerprint density at radius 1 is 1.00 bits per heavy atom. The molecule has 4 rings (SSSR count). The zero-order valence-corrected chi connectivity index (χ0v) is 22.6. The van der Waals surface area contributed by atoms with E-state index >= 15 is 0 Å². The SMILES string of the molecule is COc1cc(OC)cc(C(=O)N(CCCN2CCOCC2)c2nc3c(OC)ccc(OC)c3s2)c1.Cl. The van der Waals surface area contributed by atoms with Gasteiger partial charge in [-0.3, -0.25) is 14.6 Å². The van der Waals surface area contributed by atoms with Crippen LogP contribution >= 0.6 is 23.7 Å². The first-order valence-corrected chi connectivity index (χ1v) is 12.3. The average Bonchev–Trinajstić information content (AvgIpc) is 3.35. The molecule has 36 heavy (non-hydrogen) atoms. The highest BCUT2D eigenvalue weighted by atomic mass is 35.5. The van der Waals surface area contributed by atoms with Crippen LogP contribution in [-0.2, 0) is 4.74 Å². The second-order valence-corrected chi connectivity index (χ2v) is 8.99. The number of benzene rings is 2. The monoisotopic (exact) mass is 537 g/mol. The summed E-state index contributed by atoms with van der Waals surface area (Å²) in [7, 11) is 6.35. The topological polar surface area (TPSA) is 82.6 Å². The fourth-order valence-electron chi connectivity index (χ4n) is 4.04. The summed E-state index contributed by atoms with van der Waals surface area (Å²) in [5.74, 6) is 2.24. The molecule has 1 aliphatic rings. The molecule has 9 nitrogen and oxygen atoms in total. The van der Waals surface area contributed by atoms with Crippen LogP contribution in [0.3, 0.4) is 0 Å². The minimum atomic E-state index is -0.179. The van der Waals surface area contributed by atoms with E-state index in [1.165, 1.54) is 11.3 Å². The largest absolute Gasteiger partial charge is 0.497 e. The molecule has 2 heterocycles. The van der Waals surface area contributed by atoms with Gasteiger partial charge in [0.05, 0.1) is 41.7 Å². The molecule has 1 aliphatic heterocycles. The van der Waals surface area contributed by atoms with Crippen molar-refractivity contribution in [2.75, 3.05) is 72.7 Å². The van der Waals surface area contributed by atoms with Gasteiger partial charge in [-0.25, -0.2) is 4.98 Å². The summed E-state index contributed by atoms with van der Waals surface area (Å²) < 4.78 is 28.1. The molecule has 1 saturated heterocycles. The highest BCUT2D eigenvalue weighted by Crippen LogP contribution is 2.40. The second kappa shape index (κ2) is 13.0. The van der Waals surface area contributed by atoms with Crippen LogP contribution in [0, 0.1) is 0 Å². The molecule has 3 aromatic rings. The molecule has 2 aromatic carbocycles. The number of hydrogen-bond acceptors (Lipinski definition) is 9. The third-order valence-corrected chi connectivity index (χ3v) is 7.03. The molecule has 0 saturated carbocycles. The van der Waals surface area contributed by atoms with Crippen LogP contribution in [0.4, 0.5) is 5.13 Å². The molecular weight excluding hydrogens is 506 g/mol. The van der Waals surface area contributed by atoms with Crippen LogP contribution in [0.2, 0.25) is 0 Å². The first kappa shape index (κ1) is 27.8. The Morgan fingerprint density at radius 3 is 2.25 bits per heavy atom. The predicted molar refractivity (Wildman–Crippen MR) is 143 cm³/mol. The lowest BCUT2D eigenvalue weighted by atomic mass is 10.1. The summed E-state index contributed by atoms with van der Waals surface area (Å²) in [5, 5.41) is 0.580. The zero-order chi connectivity index (χ0) is 24.8. The van der Waals surface area contributed by atoms with Crippen LogP contribution in [0.15, 0.2) is 30.3 Å². The maximum atomic E-state index is 13.8. The quantitative estimate of drug-likeness (QED) is 0.382. The Bertz CT molecular complexity index is 1100. The number of aromatic nitrogens is 1. The number of methoxy groups -OCH3 is 4. The maximum absolute atomic E-state index is 13.8. The van der Waals surface area contributed by atoms with Crippen molar-refractivity contribution < 1.29 is 28.5 Å². The van der Waals surface area contributed by atoms with Gasteiger partial charge in [0, 0.05) is 37.8 Å². The molecule has 0 bridgehead atoms. The van der Waals surface area contributed by atoms with Crippen molar-refractivity contribution >= 4 is 45.0 Å². The zero-order valence-electron chi connectivity index (χ0n) is 20.9. The van der Waals surface area contributed by atoms with Gasteiger partial charge in [0.15, 0.2) is 5.13 Å². The molecule has 1 aromatic heterocycles. The molecular formula is C25H32ClN3O6S. The Morgan fingerprint density at radius 2 is 1.64 bits per heavy atom. The summed E-state index contributed by atoms with van der Waals surface area (Å²) in [5.41, 5.74) is 1.13. The summed E-state index contributed by atoms with van der Waals surface area (Å²) in [4.78, 5) is 22.7. The first-order valence-electron chi connectivity index (χ1n) is 11.4. The molecule has 0 N–H and O–H groups in total. The highest BCUT2D eigenvalue weighted by molar-refractivity contribution is 7.22. The number of thiazole rings is 1. The second-order valence-electron chi connectivity index (χ2n) is 8.01. The standard InChI is InChI=1S/C25H31N3O6S.ClH/c1-30-18-14-17(15-19(16-18)31-2)24(29)28(9-5-8-27-10-12-34-13-11-27)25-26-22-20(32-3)6-7-21(33-4)23(22)35-25;/h6-7,14-16H,5,8-13H2,1-4H3;1H. The lowest BCUT2D eigenvalue weighted by Gasteiger charge is -2.27. The number of anilines is 1. The lowest BCUT2D eigenvalue weighted by Crippen LogP contribution is -2.39. The minimum Gasteiger partial charge on any atom is -0.497 e. The third-order valence-electron chi connectivity index (χ3n) is 5.93. The van der Waals surface area contributed by atoms with E-state index in [0.717, 1.165) is 44.0 Å². The van der Waals surface area contributed by atoms with Crippen LogP contribution in [0.25, 0.3) is 10.2 Å². The van der Waals surface area contributed by atoms with E-state index in [2.05, 4.69) is 4.90 Å². The number of carbonyl (C=O) groups excluding carboxylic acids is 1. The van der Waals surface area contributed by atoms with Gasteiger partial charge < -0.3 is 23.7 Å². The Labute approximate surface area is 221 Å². The van der Waals surface area contributed by atoms with Crippen molar-refractivity contribution in [1.29, 1.82) is 0 Å². The van der Waals surface area contributed by atoms with Gasteiger partial charge in [0.25, 0.3) is 5.91 Å². The van der Waals surface area contributed by atoms with Gasteiger partial charge in [-0.1, -0.05) is 11.3 Å². The van der Waals surface area contributed by atoms with Gasteiger partial charge in [-0.2, -0.15) is 0 Å². The molecule has 0 aliphatic carbocycles. The number of amides is 1. The fraction of sp³-hybridized carbons (Fsp3) is 0.440. The van der Waals surface area contributed by atoms with Gasteiger partial charge in [0.2, 0.25) is 0 Å². The Hall–Kier alpha value is -2.79. The summed E-state index contributed by atoms with van der Waals surface area (Å²) in [6.45, 7) is 4.65. The number of halogens is 1. The number of carbonyl (C=O) groups is 1.